The van der Waals surface area contributed by atoms with E-state index in [9.17, 15) is 14.4 Å². The molecule has 0 bridgehead atoms. The molecule has 0 spiro atoms. The molecule has 2 rings (SSSR count). The van der Waals surface area contributed by atoms with Gasteiger partial charge in [0.05, 0.1) is 11.4 Å². The molecule has 2 aromatic rings. The Labute approximate surface area is 145 Å². The van der Waals surface area contributed by atoms with Crippen LogP contribution in [0.5, 0.6) is 0 Å². The number of amides is 2. The number of carbonyl (C=O) groups is 2. The quantitative estimate of drug-likeness (QED) is 0.518. The minimum absolute atomic E-state index is 0.0159. The lowest BCUT2D eigenvalue weighted by Crippen LogP contribution is -2.21. The number of carbonyl (C=O) groups excluding carboxylic acids is 2. The van der Waals surface area contributed by atoms with Crippen LogP contribution < -0.4 is 16.6 Å². The van der Waals surface area contributed by atoms with E-state index in [1.165, 1.54) is 4.90 Å². The third-order valence-corrected chi connectivity index (χ3v) is 4.66. The number of aromatic nitrogens is 3. The number of nitrogen functional groups attached to an aromatic ring is 1. The highest BCUT2D eigenvalue weighted by Gasteiger charge is 2.18. The van der Waals surface area contributed by atoms with E-state index in [-0.39, 0.29) is 34.1 Å². The minimum atomic E-state index is -0.382. The van der Waals surface area contributed by atoms with Crippen molar-refractivity contribution in [2.45, 2.75) is 12.1 Å². The molecule has 128 valence electrons. The van der Waals surface area contributed by atoms with Crippen molar-refractivity contribution >= 4 is 45.9 Å². The number of nitrogens with zero attached hydrogens (tertiary/aromatic N) is 3. The number of aromatic amines is 1. The molecule has 0 aliphatic heterocycles. The summed E-state index contributed by atoms with van der Waals surface area (Å²) in [6, 6.07) is 1.16. The number of thioether (sulfide) groups is 1. The Morgan fingerprint density at radius 3 is 2.75 bits per heavy atom. The molecule has 0 unspecified atom stereocenters. The lowest BCUT2D eigenvalue weighted by molar-refractivity contribution is -0.113. The number of H-pyrrole nitrogens is 1. The van der Waals surface area contributed by atoms with Crippen molar-refractivity contribution < 1.29 is 9.59 Å². The van der Waals surface area contributed by atoms with Gasteiger partial charge in [-0.15, -0.1) is 0 Å². The molecular weight excluding hydrogens is 352 g/mol. The van der Waals surface area contributed by atoms with Crippen LogP contribution in [0.15, 0.2) is 16.0 Å². The van der Waals surface area contributed by atoms with Crippen molar-refractivity contribution in [1.29, 1.82) is 0 Å². The average molecular weight is 368 g/mol. The fraction of sp³-hybridized carbons (Fsp3) is 0.308. The Hall–Kier alpha value is -2.40. The van der Waals surface area contributed by atoms with Crippen LogP contribution in [0.1, 0.15) is 15.4 Å². The number of thiazole rings is 1. The minimum Gasteiger partial charge on any atom is -0.383 e. The second-order valence-electron chi connectivity index (χ2n) is 4.95. The Bertz CT molecular complexity index is 829. The predicted octanol–water partition coefficient (Wildman–Crippen LogP) is 0.550. The maximum atomic E-state index is 12.0. The molecule has 0 fully saturated rings. The fourth-order valence-electron chi connectivity index (χ4n) is 1.66. The lowest BCUT2D eigenvalue weighted by Gasteiger charge is -2.07. The molecule has 0 aliphatic carbocycles. The van der Waals surface area contributed by atoms with Crippen molar-refractivity contribution in [1.82, 2.24) is 19.9 Å². The van der Waals surface area contributed by atoms with Crippen LogP contribution in [0, 0.1) is 6.92 Å². The summed E-state index contributed by atoms with van der Waals surface area (Å²) >= 11 is 2.16. The second-order valence-corrected chi connectivity index (χ2v) is 6.91. The van der Waals surface area contributed by atoms with Crippen LogP contribution in [-0.2, 0) is 4.79 Å². The van der Waals surface area contributed by atoms with Crippen molar-refractivity contribution in [3.63, 3.8) is 0 Å². The highest BCUT2D eigenvalue weighted by molar-refractivity contribution is 7.99. The first-order valence-corrected chi connectivity index (χ1v) is 8.55. The van der Waals surface area contributed by atoms with Gasteiger partial charge in [0, 0.05) is 20.2 Å². The molecule has 0 radical (unpaired) electrons. The number of aryl methyl sites for hydroxylation is 1. The standard InChI is InChI=1S/C13H16N6O3S2/c1-6-10(11(22)19(2)3)24-13(15-6)18-9(21)5-23-12-16-7(14)4-8(20)17-12/h4H,5H2,1-3H3,(H,15,18,21)(H3,14,16,17,20). The summed E-state index contributed by atoms with van der Waals surface area (Å²) in [5.74, 6) is -0.393. The van der Waals surface area contributed by atoms with E-state index in [1.807, 2.05) is 0 Å². The molecule has 0 saturated heterocycles. The van der Waals surface area contributed by atoms with Gasteiger partial charge in [-0.25, -0.2) is 9.97 Å². The van der Waals surface area contributed by atoms with Crippen LogP contribution in [0.25, 0.3) is 0 Å². The maximum absolute atomic E-state index is 12.0. The normalized spacial score (nSPS) is 10.5. The fourth-order valence-corrected chi connectivity index (χ4v) is 3.35. The summed E-state index contributed by atoms with van der Waals surface area (Å²) in [4.78, 5) is 47.7. The van der Waals surface area contributed by atoms with Crippen LogP contribution in [0.4, 0.5) is 10.9 Å². The van der Waals surface area contributed by atoms with E-state index in [1.54, 1.807) is 21.0 Å². The number of hydrogen-bond donors (Lipinski definition) is 3. The Kier molecular flexibility index (Phi) is 5.57. The molecular formula is C13H16N6O3S2. The number of hydrogen-bond acceptors (Lipinski definition) is 8. The van der Waals surface area contributed by atoms with E-state index in [4.69, 9.17) is 5.73 Å². The van der Waals surface area contributed by atoms with Crippen LogP contribution in [0.2, 0.25) is 0 Å². The molecule has 2 heterocycles. The lowest BCUT2D eigenvalue weighted by atomic mass is 10.3. The number of rotatable bonds is 5. The highest BCUT2D eigenvalue weighted by Crippen LogP contribution is 2.24. The SMILES string of the molecule is Cc1nc(NC(=O)CSc2nc(N)cc(=O)[nH]2)sc1C(=O)N(C)C. The number of anilines is 2. The monoisotopic (exact) mass is 368 g/mol. The first-order chi connectivity index (χ1) is 11.3. The van der Waals surface area contributed by atoms with Gasteiger partial charge in [-0.3, -0.25) is 14.4 Å². The van der Waals surface area contributed by atoms with Crippen molar-refractivity contribution in [2.75, 3.05) is 30.9 Å². The van der Waals surface area contributed by atoms with Crippen molar-refractivity contribution in [3.8, 4) is 0 Å². The van der Waals surface area contributed by atoms with Gasteiger partial charge < -0.3 is 20.9 Å². The number of nitrogens with one attached hydrogen (secondary N) is 2. The van der Waals surface area contributed by atoms with E-state index in [0.29, 0.717) is 15.7 Å². The van der Waals surface area contributed by atoms with Gasteiger partial charge in [0.25, 0.3) is 11.5 Å². The zero-order valence-electron chi connectivity index (χ0n) is 13.2. The topological polar surface area (TPSA) is 134 Å². The molecule has 0 atom stereocenters. The van der Waals surface area contributed by atoms with Crippen molar-refractivity contribution in [3.05, 3.63) is 27.0 Å². The Morgan fingerprint density at radius 1 is 1.42 bits per heavy atom. The van der Waals surface area contributed by atoms with Crippen LogP contribution in [0.3, 0.4) is 0 Å². The van der Waals surface area contributed by atoms with Gasteiger partial charge >= 0.3 is 0 Å². The maximum Gasteiger partial charge on any atom is 0.265 e. The molecule has 4 N–H and O–H groups in total. The van der Waals surface area contributed by atoms with Gasteiger partial charge in [0.15, 0.2) is 10.3 Å². The van der Waals surface area contributed by atoms with E-state index >= 15 is 0 Å². The van der Waals surface area contributed by atoms with E-state index in [2.05, 4.69) is 20.3 Å². The smallest absolute Gasteiger partial charge is 0.265 e. The first-order valence-electron chi connectivity index (χ1n) is 6.75. The summed E-state index contributed by atoms with van der Waals surface area (Å²) in [6.45, 7) is 1.71. The zero-order valence-corrected chi connectivity index (χ0v) is 14.9. The predicted molar refractivity (Wildman–Crippen MR) is 93.5 cm³/mol. The van der Waals surface area contributed by atoms with Gasteiger partial charge in [-0.1, -0.05) is 23.1 Å². The molecule has 9 nitrogen and oxygen atoms in total. The molecule has 0 aliphatic rings. The Morgan fingerprint density at radius 2 is 2.12 bits per heavy atom. The summed E-state index contributed by atoms with van der Waals surface area (Å²) in [5, 5.41) is 3.23. The Balaban J connectivity index is 1.99. The average Bonchev–Trinajstić information content (AvgIpc) is 2.83. The second kappa shape index (κ2) is 7.45. The summed E-state index contributed by atoms with van der Waals surface area (Å²) in [6.07, 6.45) is 0. The third-order valence-electron chi connectivity index (χ3n) is 2.72. The highest BCUT2D eigenvalue weighted by atomic mass is 32.2. The molecule has 2 amide bonds. The zero-order chi connectivity index (χ0) is 17.9. The van der Waals surface area contributed by atoms with Gasteiger partial charge in [-0.2, -0.15) is 0 Å². The van der Waals surface area contributed by atoms with Crippen molar-refractivity contribution in [2.24, 2.45) is 0 Å². The number of nitrogens with two attached hydrogens (primary N) is 1. The molecule has 24 heavy (non-hydrogen) atoms. The molecule has 11 heteroatoms. The largest absolute Gasteiger partial charge is 0.383 e. The van der Waals surface area contributed by atoms with E-state index in [0.717, 1.165) is 29.2 Å². The van der Waals surface area contributed by atoms with Gasteiger partial charge in [0.2, 0.25) is 5.91 Å². The first kappa shape index (κ1) is 17.9. The molecule has 0 aromatic carbocycles. The summed E-state index contributed by atoms with van der Waals surface area (Å²) in [7, 11) is 3.30. The van der Waals surface area contributed by atoms with E-state index < -0.39 is 0 Å². The van der Waals surface area contributed by atoms with Crippen LogP contribution >= 0.6 is 23.1 Å². The van der Waals surface area contributed by atoms with Gasteiger partial charge in [0.1, 0.15) is 10.7 Å². The molecule has 0 saturated carbocycles. The summed E-state index contributed by atoms with van der Waals surface area (Å²) < 4.78 is 0. The summed E-state index contributed by atoms with van der Waals surface area (Å²) in [5.41, 5.74) is 5.65. The third kappa shape index (κ3) is 4.55. The molecule has 2 aromatic heterocycles. The van der Waals surface area contributed by atoms with Crippen LogP contribution in [-0.4, -0.2) is 51.5 Å². The van der Waals surface area contributed by atoms with Gasteiger partial charge in [-0.05, 0) is 6.92 Å².